The Balaban J connectivity index is 1.86. The molecule has 1 saturated heterocycles. The first-order valence-electron chi connectivity index (χ1n) is 6.90. The number of rotatable bonds is 1. The Morgan fingerprint density at radius 3 is 2.53 bits per heavy atom. The van der Waals surface area contributed by atoms with Crippen LogP contribution in [0.1, 0.15) is 45.4 Å². The van der Waals surface area contributed by atoms with Crippen LogP contribution >= 0.6 is 0 Å². The first-order chi connectivity index (χ1) is 8.89. The van der Waals surface area contributed by atoms with E-state index in [0.717, 1.165) is 18.5 Å². The van der Waals surface area contributed by atoms with Gasteiger partial charge in [-0.3, -0.25) is 4.98 Å². The van der Waals surface area contributed by atoms with Crippen molar-refractivity contribution in [1.29, 1.82) is 0 Å². The van der Waals surface area contributed by atoms with E-state index in [1.807, 2.05) is 12.3 Å². The van der Waals surface area contributed by atoms with Gasteiger partial charge in [-0.2, -0.15) is 0 Å². The van der Waals surface area contributed by atoms with Crippen LogP contribution in [0.3, 0.4) is 0 Å². The molecule has 0 N–H and O–H groups in total. The Morgan fingerprint density at radius 1 is 1.16 bits per heavy atom. The van der Waals surface area contributed by atoms with Crippen molar-refractivity contribution in [3.63, 3.8) is 0 Å². The molecule has 0 unspecified atom stereocenters. The van der Waals surface area contributed by atoms with Gasteiger partial charge in [-0.05, 0) is 63.7 Å². The number of aromatic nitrogens is 1. The van der Waals surface area contributed by atoms with E-state index < -0.39 is 0 Å². The fraction of sp³-hybridized carbons (Fsp3) is 0.533. The lowest BCUT2D eigenvalue weighted by Gasteiger charge is -2.32. The van der Waals surface area contributed by atoms with E-state index in [0.29, 0.717) is 0 Å². The minimum absolute atomic E-state index is 0.270. The van der Waals surface area contributed by atoms with E-state index in [4.69, 9.17) is 9.31 Å². The molecule has 4 heteroatoms. The van der Waals surface area contributed by atoms with Crippen molar-refractivity contribution in [3.05, 3.63) is 35.6 Å². The van der Waals surface area contributed by atoms with E-state index in [-0.39, 0.29) is 18.3 Å². The fourth-order valence-corrected chi connectivity index (χ4v) is 2.60. The normalized spacial score (nSPS) is 25.9. The summed E-state index contributed by atoms with van der Waals surface area (Å²) in [5, 5.41) is 0. The van der Waals surface area contributed by atoms with Gasteiger partial charge in [0.2, 0.25) is 0 Å². The van der Waals surface area contributed by atoms with Crippen LogP contribution in [-0.2, 0) is 15.7 Å². The molecule has 1 aliphatic carbocycles. The largest absolute Gasteiger partial charge is 0.487 e. The predicted octanol–water partition coefficient (Wildman–Crippen LogP) is 3.04. The first-order valence-corrected chi connectivity index (χ1v) is 6.90. The zero-order valence-electron chi connectivity index (χ0n) is 12.1. The first kappa shape index (κ1) is 12.9. The molecule has 1 aromatic heterocycles. The van der Waals surface area contributed by atoms with Gasteiger partial charge in [-0.1, -0.05) is 6.07 Å². The minimum atomic E-state index is -0.278. The lowest BCUT2D eigenvalue weighted by atomic mass is 9.86. The highest BCUT2D eigenvalue weighted by Gasteiger charge is 2.50. The third-order valence-corrected chi connectivity index (χ3v) is 4.47. The van der Waals surface area contributed by atoms with Gasteiger partial charge in [-0.15, -0.1) is 0 Å². The number of hydrogen-bond acceptors (Lipinski definition) is 3. The van der Waals surface area contributed by atoms with E-state index in [1.165, 1.54) is 11.1 Å². The molecule has 2 heterocycles. The molecule has 100 valence electrons. The number of hydrogen-bond donors (Lipinski definition) is 0. The molecule has 2 aliphatic rings. The van der Waals surface area contributed by atoms with E-state index in [9.17, 15) is 0 Å². The highest BCUT2D eigenvalue weighted by molar-refractivity contribution is 6.53. The summed E-state index contributed by atoms with van der Waals surface area (Å²) in [6, 6.07) is 4.14. The number of allylic oxidation sites excluding steroid dienone is 1. The number of fused-ring (bicyclic) bond motifs is 1. The Bertz CT molecular complexity index is 521. The minimum Gasteiger partial charge on any atom is -0.400 e. The van der Waals surface area contributed by atoms with Gasteiger partial charge in [0, 0.05) is 6.20 Å². The van der Waals surface area contributed by atoms with Gasteiger partial charge in [0.1, 0.15) is 0 Å². The maximum Gasteiger partial charge on any atom is 0.487 e. The standard InChI is InChI=1S/C15H20BNO2/c1-14(2)15(3,4)19-16(18-14)10-12-8-7-11-6-5-9-17-13(11)12/h5-6,9-10H,7-8H2,1-4H3/b12-10+. The molecule has 0 bridgehead atoms. The van der Waals surface area contributed by atoms with Crippen molar-refractivity contribution in [2.24, 2.45) is 0 Å². The maximum atomic E-state index is 6.01. The Hall–Kier alpha value is -1.13. The van der Waals surface area contributed by atoms with Crippen LogP contribution in [0.4, 0.5) is 0 Å². The number of nitrogens with zero attached hydrogens (tertiary/aromatic N) is 1. The molecule has 0 saturated carbocycles. The third-order valence-electron chi connectivity index (χ3n) is 4.47. The number of aryl methyl sites for hydroxylation is 1. The van der Waals surface area contributed by atoms with Crippen molar-refractivity contribution in [1.82, 2.24) is 4.98 Å². The Labute approximate surface area is 115 Å². The smallest absolute Gasteiger partial charge is 0.400 e. The highest BCUT2D eigenvalue weighted by Crippen LogP contribution is 2.39. The zero-order valence-corrected chi connectivity index (χ0v) is 12.1. The van der Waals surface area contributed by atoms with Crippen molar-refractivity contribution in [3.8, 4) is 0 Å². The molecule has 0 radical (unpaired) electrons. The molecular formula is C15H20BNO2. The van der Waals surface area contributed by atoms with Gasteiger partial charge >= 0.3 is 7.12 Å². The molecule has 0 atom stereocenters. The highest BCUT2D eigenvalue weighted by atomic mass is 16.7. The zero-order chi connectivity index (χ0) is 13.7. The second-order valence-electron chi connectivity index (χ2n) is 6.33. The second-order valence-corrected chi connectivity index (χ2v) is 6.33. The van der Waals surface area contributed by atoms with Gasteiger partial charge in [-0.25, -0.2) is 0 Å². The van der Waals surface area contributed by atoms with E-state index >= 15 is 0 Å². The van der Waals surface area contributed by atoms with Crippen molar-refractivity contribution >= 4 is 12.7 Å². The molecule has 19 heavy (non-hydrogen) atoms. The predicted molar refractivity (Wildman–Crippen MR) is 76.6 cm³/mol. The van der Waals surface area contributed by atoms with Crippen molar-refractivity contribution in [2.75, 3.05) is 0 Å². The van der Waals surface area contributed by atoms with Gasteiger partial charge in [0.05, 0.1) is 16.9 Å². The summed E-state index contributed by atoms with van der Waals surface area (Å²) in [6.07, 6.45) is 3.94. The molecule has 0 amide bonds. The third kappa shape index (κ3) is 2.13. The van der Waals surface area contributed by atoms with Crippen LogP contribution < -0.4 is 0 Å². The molecule has 3 rings (SSSR count). The monoisotopic (exact) mass is 257 g/mol. The average Bonchev–Trinajstić information content (AvgIpc) is 2.79. The quantitative estimate of drug-likeness (QED) is 0.724. The van der Waals surface area contributed by atoms with Gasteiger partial charge in [0.15, 0.2) is 0 Å². The maximum absolute atomic E-state index is 6.01. The summed E-state index contributed by atoms with van der Waals surface area (Å²) in [4.78, 5) is 4.48. The lowest BCUT2D eigenvalue weighted by Crippen LogP contribution is -2.41. The molecule has 0 aromatic carbocycles. The summed E-state index contributed by atoms with van der Waals surface area (Å²) in [7, 11) is -0.270. The fourth-order valence-electron chi connectivity index (χ4n) is 2.60. The molecule has 0 spiro atoms. The van der Waals surface area contributed by atoms with Crippen molar-refractivity contribution < 1.29 is 9.31 Å². The number of pyridine rings is 1. The molecule has 1 aliphatic heterocycles. The SMILES string of the molecule is CC1(C)OB(/C=C2\CCc3cccnc32)OC1(C)C. The topological polar surface area (TPSA) is 31.4 Å². The summed E-state index contributed by atoms with van der Waals surface area (Å²) >= 11 is 0. The van der Waals surface area contributed by atoms with E-state index in [1.54, 1.807) is 0 Å². The summed E-state index contributed by atoms with van der Waals surface area (Å²) < 4.78 is 12.0. The van der Waals surface area contributed by atoms with Crippen LogP contribution in [0, 0.1) is 0 Å². The average molecular weight is 257 g/mol. The second kappa shape index (κ2) is 4.19. The lowest BCUT2D eigenvalue weighted by molar-refractivity contribution is 0.00578. The summed E-state index contributed by atoms with van der Waals surface area (Å²) in [5.41, 5.74) is 3.12. The van der Waals surface area contributed by atoms with Crippen LogP contribution in [0.2, 0.25) is 0 Å². The van der Waals surface area contributed by atoms with Crippen LogP contribution in [0.25, 0.3) is 5.57 Å². The van der Waals surface area contributed by atoms with E-state index in [2.05, 4.69) is 44.7 Å². The van der Waals surface area contributed by atoms with Gasteiger partial charge < -0.3 is 9.31 Å². The molecular weight excluding hydrogens is 237 g/mol. The molecule has 1 fully saturated rings. The Kier molecular flexibility index (Phi) is 2.84. The van der Waals surface area contributed by atoms with Crippen molar-refractivity contribution in [2.45, 2.75) is 51.7 Å². The summed E-state index contributed by atoms with van der Waals surface area (Å²) in [6.45, 7) is 8.30. The summed E-state index contributed by atoms with van der Waals surface area (Å²) in [5.74, 6) is 2.09. The van der Waals surface area contributed by atoms with Crippen LogP contribution in [0.5, 0.6) is 0 Å². The van der Waals surface area contributed by atoms with Gasteiger partial charge in [0.25, 0.3) is 0 Å². The van der Waals surface area contributed by atoms with Crippen LogP contribution in [-0.4, -0.2) is 23.3 Å². The molecule has 3 nitrogen and oxygen atoms in total. The molecule has 1 aromatic rings. The van der Waals surface area contributed by atoms with Crippen LogP contribution in [0.15, 0.2) is 24.3 Å². The Morgan fingerprint density at radius 2 is 1.84 bits per heavy atom.